The molecule has 126 valence electrons. The minimum Gasteiger partial charge on any atom is -0.460 e. The van der Waals surface area contributed by atoms with Crippen LogP contribution in [0.5, 0.6) is 0 Å². The Labute approximate surface area is 140 Å². The standard InChI is InChI=1S/C17H17NO5S/c1-13(19)18-11-17(20)23-12-14-7-9-16(10-8-14)24(21,22)15-5-3-2-4-6-15/h2-10H,11-12H2,1H3,(H,18,19). The van der Waals surface area contributed by atoms with E-state index in [0.29, 0.717) is 5.56 Å². The van der Waals surface area contributed by atoms with Crippen LogP contribution in [0.15, 0.2) is 64.4 Å². The zero-order chi connectivity index (χ0) is 17.6. The Balaban J connectivity index is 2.01. The molecule has 0 atom stereocenters. The molecule has 0 aliphatic heterocycles. The summed E-state index contributed by atoms with van der Waals surface area (Å²) < 4.78 is 29.9. The quantitative estimate of drug-likeness (QED) is 0.803. The number of esters is 1. The lowest BCUT2D eigenvalue weighted by Crippen LogP contribution is -2.28. The van der Waals surface area contributed by atoms with Gasteiger partial charge in [0.25, 0.3) is 0 Å². The molecule has 0 saturated carbocycles. The molecule has 0 aliphatic rings. The maximum atomic E-state index is 12.4. The van der Waals surface area contributed by atoms with Crippen LogP contribution in [0, 0.1) is 0 Å². The van der Waals surface area contributed by atoms with Crippen molar-refractivity contribution in [3.8, 4) is 0 Å². The second-order valence-electron chi connectivity index (χ2n) is 5.03. The van der Waals surface area contributed by atoms with Crippen molar-refractivity contribution in [3.05, 3.63) is 60.2 Å². The van der Waals surface area contributed by atoms with E-state index in [9.17, 15) is 18.0 Å². The van der Waals surface area contributed by atoms with Gasteiger partial charge in [0, 0.05) is 6.92 Å². The van der Waals surface area contributed by atoms with Gasteiger partial charge in [-0.05, 0) is 29.8 Å². The van der Waals surface area contributed by atoms with E-state index in [4.69, 9.17) is 4.74 Å². The Morgan fingerprint density at radius 1 is 0.958 bits per heavy atom. The molecule has 0 spiro atoms. The van der Waals surface area contributed by atoms with Crippen LogP contribution in [0.25, 0.3) is 0 Å². The summed E-state index contributed by atoms with van der Waals surface area (Å²) in [5.41, 5.74) is 0.651. The van der Waals surface area contributed by atoms with Crippen molar-refractivity contribution in [1.29, 1.82) is 0 Å². The van der Waals surface area contributed by atoms with Crippen molar-refractivity contribution in [1.82, 2.24) is 5.32 Å². The van der Waals surface area contributed by atoms with Crippen molar-refractivity contribution < 1.29 is 22.7 Å². The number of carbonyl (C=O) groups is 2. The molecule has 0 heterocycles. The zero-order valence-electron chi connectivity index (χ0n) is 13.1. The number of amides is 1. The van der Waals surface area contributed by atoms with Gasteiger partial charge in [0.2, 0.25) is 15.7 Å². The predicted octanol–water partition coefficient (Wildman–Crippen LogP) is 1.70. The lowest BCUT2D eigenvalue weighted by molar-refractivity contribution is -0.145. The van der Waals surface area contributed by atoms with Gasteiger partial charge in [-0.2, -0.15) is 0 Å². The van der Waals surface area contributed by atoms with Crippen molar-refractivity contribution in [2.75, 3.05) is 6.54 Å². The first-order valence-electron chi connectivity index (χ1n) is 7.19. The fraction of sp³-hybridized carbons (Fsp3) is 0.176. The first-order valence-corrected chi connectivity index (χ1v) is 8.67. The molecule has 0 unspecified atom stereocenters. The summed E-state index contributed by atoms with van der Waals surface area (Å²) in [6.45, 7) is 1.11. The van der Waals surface area contributed by atoms with Gasteiger partial charge in [-0.25, -0.2) is 8.42 Å². The van der Waals surface area contributed by atoms with E-state index < -0.39 is 15.8 Å². The van der Waals surface area contributed by atoms with E-state index in [1.165, 1.54) is 31.2 Å². The number of hydrogen-bond acceptors (Lipinski definition) is 5. The number of ether oxygens (including phenoxy) is 1. The number of benzene rings is 2. The summed E-state index contributed by atoms with van der Waals surface area (Å²) in [5, 5.41) is 2.34. The lowest BCUT2D eigenvalue weighted by atomic mass is 10.2. The molecule has 2 rings (SSSR count). The minimum atomic E-state index is -3.56. The summed E-state index contributed by atoms with van der Waals surface area (Å²) in [4.78, 5) is 22.5. The molecule has 2 aromatic rings. The summed E-state index contributed by atoms with van der Waals surface area (Å²) >= 11 is 0. The Morgan fingerprint density at radius 3 is 2.12 bits per heavy atom. The molecule has 7 heteroatoms. The molecule has 6 nitrogen and oxygen atoms in total. The third-order valence-electron chi connectivity index (χ3n) is 3.17. The fourth-order valence-electron chi connectivity index (χ4n) is 1.91. The van der Waals surface area contributed by atoms with E-state index in [2.05, 4.69) is 5.32 Å². The van der Waals surface area contributed by atoms with Crippen LogP contribution >= 0.6 is 0 Å². The van der Waals surface area contributed by atoms with Crippen LogP contribution in [0.1, 0.15) is 12.5 Å². The third kappa shape index (κ3) is 4.66. The average Bonchev–Trinajstić information content (AvgIpc) is 2.59. The molecule has 0 aliphatic carbocycles. The molecule has 24 heavy (non-hydrogen) atoms. The zero-order valence-corrected chi connectivity index (χ0v) is 13.9. The monoisotopic (exact) mass is 347 g/mol. The molecule has 1 N–H and O–H groups in total. The number of carbonyl (C=O) groups excluding carboxylic acids is 2. The first kappa shape index (κ1) is 17.7. The van der Waals surface area contributed by atoms with Gasteiger partial charge >= 0.3 is 5.97 Å². The van der Waals surface area contributed by atoms with Crippen molar-refractivity contribution in [3.63, 3.8) is 0 Å². The highest BCUT2D eigenvalue weighted by Gasteiger charge is 2.16. The molecule has 0 radical (unpaired) electrons. The number of hydrogen-bond donors (Lipinski definition) is 1. The van der Waals surface area contributed by atoms with Crippen LogP contribution in [-0.4, -0.2) is 26.8 Å². The van der Waals surface area contributed by atoms with E-state index in [-0.39, 0.29) is 28.8 Å². The summed E-state index contributed by atoms with van der Waals surface area (Å²) in [5.74, 6) is -0.881. The normalized spacial score (nSPS) is 10.9. The van der Waals surface area contributed by atoms with E-state index >= 15 is 0 Å². The molecule has 0 fully saturated rings. The second-order valence-corrected chi connectivity index (χ2v) is 6.98. The van der Waals surface area contributed by atoms with Crippen LogP contribution in [0.3, 0.4) is 0 Å². The third-order valence-corrected chi connectivity index (χ3v) is 4.95. The van der Waals surface area contributed by atoms with E-state index in [0.717, 1.165) is 0 Å². The molecule has 2 aromatic carbocycles. The highest BCUT2D eigenvalue weighted by Crippen LogP contribution is 2.20. The van der Waals surface area contributed by atoms with Gasteiger partial charge in [-0.15, -0.1) is 0 Å². The molecular formula is C17H17NO5S. The summed E-state index contributed by atoms with van der Waals surface area (Å²) in [6.07, 6.45) is 0. The minimum absolute atomic E-state index is 0.00405. The number of nitrogens with one attached hydrogen (secondary N) is 1. The molecule has 0 saturated heterocycles. The largest absolute Gasteiger partial charge is 0.460 e. The van der Waals surface area contributed by atoms with Crippen molar-refractivity contribution in [2.45, 2.75) is 23.3 Å². The maximum absolute atomic E-state index is 12.4. The van der Waals surface area contributed by atoms with Crippen LogP contribution < -0.4 is 5.32 Å². The molecule has 0 bridgehead atoms. The van der Waals surface area contributed by atoms with Crippen LogP contribution in [-0.2, 0) is 30.8 Å². The number of sulfone groups is 1. The smallest absolute Gasteiger partial charge is 0.325 e. The lowest BCUT2D eigenvalue weighted by Gasteiger charge is -2.07. The SMILES string of the molecule is CC(=O)NCC(=O)OCc1ccc(S(=O)(=O)c2ccccc2)cc1. The summed E-state index contributed by atoms with van der Waals surface area (Å²) in [6, 6.07) is 14.3. The van der Waals surface area contributed by atoms with Crippen LogP contribution in [0.4, 0.5) is 0 Å². The van der Waals surface area contributed by atoms with E-state index in [1.807, 2.05) is 0 Å². The highest BCUT2D eigenvalue weighted by molar-refractivity contribution is 7.91. The topological polar surface area (TPSA) is 89.5 Å². The van der Waals surface area contributed by atoms with Crippen molar-refractivity contribution in [2.24, 2.45) is 0 Å². The summed E-state index contributed by atoms with van der Waals surface area (Å²) in [7, 11) is -3.56. The van der Waals surface area contributed by atoms with Gasteiger partial charge < -0.3 is 10.1 Å². The molecule has 0 aromatic heterocycles. The average molecular weight is 347 g/mol. The number of rotatable bonds is 6. The Kier molecular flexibility index (Phi) is 5.70. The Morgan fingerprint density at radius 2 is 1.54 bits per heavy atom. The highest BCUT2D eigenvalue weighted by atomic mass is 32.2. The Bertz CT molecular complexity index is 814. The van der Waals surface area contributed by atoms with Crippen LogP contribution in [0.2, 0.25) is 0 Å². The predicted molar refractivity (Wildman–Crippen MR) is 86.8 cm³/mol. The van der Waals surface area contributed by atoms with Gasteiger partial charge in [0.05, 0.1) is 9.79 Å². The van der Waals surface area contributed by atoms with Gasteiger partial charge in [0.1, 0.15) is 13.2 Å². The fourth-order valence-corrected chi connectivity index (χ4v) is 3.19. The molecular weight excluding hydrogens is 330 g/mol. The van der Waals surface area contributed by atoms with Gasteiger partial charge in [-0.1, -0.05) is 30.3 Å². The molecule has 1 amide bonds. The van der Waals surface area contributed by atoms with Gasteiger partial charge in [-0.3, -0.25) is 9.59 Å². The van der Waals surface area contributed by atoms with Crippen molar-refractivity contribution >= 4 is 21.7 Å². The van der Waals surface area contributed by atoms with E-state index in [1.54, 1.807) is 30.3 Å². The first-order chi connectivity index (χ1) is 11.4. The maximum Gasteiger partial charge on any atom is 0.325 e. The second kappa shape index (κ2) is 7.74. The Hall–Kier alpha value is -2.67. The van der Waals surface area contributed by atoms with Gasteiger partial charge in [0.15, 0.2) is 0 Å².